The summed E-state index contributed by atoms with van der Waals surface area (Å²) in [5, 5.41) is 21.6. The second kappa shape index (κ2) is 10.5. The van der Waals surface area contributed by atoms with E-state index in [1.54, 1.807) is 19.9 Å². The highest BCUT2D eigenvalue weighted by molar-refractivity contribution is 5.83. The molecule has 28 heavy (non-hydrogen) atoms. The Balaban J connectivity index is 3.31. The first-order chi connectivity index (χ1) is 13.0. The average molecular weight is 397 g/mol. The Kier molecular flexibility index (Phi) is 9.35. The quantitative estimate of drug-likeness (QED) is 0.550. The highest BCUT2D eigenvalue weighted by Crippen LogP contribution is 2.34. The molecule has 0 aromatic heterocycles. The van der Waals surface area contributed by atoms with Crippen molar-refractivity contribution >= 4 is 11.8 Å². The molecule has 10 atom stereocenters. The van der Waals surface area contributed by atoms with Crippen LogP contribution in [0.4, 0.5) is 0 Å². The molecule has 1 aliphatic rings. The summed E-state index contributed by atoms with van der Waals surface area (Å²) in [4.78, 5) is 25.6. The van der Waals surface area contributed by atoms with Crippen molar-refractivity contribution in [1.29, 1.82) is 0 Å². The van der Waals surface area contributed by atoms with Crippen LogP contribution in [0.2, 0.25) is 0 Å². The summed E-state index contributed by atoms with van der Waals surface area (Å²) in [6.45, 7) is 17.1. The van der Waals surface area contributed by atoms with Crippen LogP contribution in [0.3, 0.4) is 0 Å². The lowest BCUT2D eigenvalue weighted by Crippen LogP contribution is -2.44. The van der Waals surface area contributed by atoms with E-state index in [0.717, 1.165) is 0 Å². The van der Waals surface area contributed by atoms with Gasteiger partial charge in [-0.15, -0.1) is 6.58 Å². The molecule has 0 spiro atoms. The number of carbonyl (C=O) groups excluding carboxylic acids is 2. The molecule has 0 aromatic carbocycles. The minimum atomic E-state index is -0.972. The molecule has 5 nitrogen and oxygen atoms in total. The molecule has 1 rings (SSSR count). The molecule has 0 radical (unpaired) electrons. The van der Waals surface area contributed by atoms with Gasteiger partial charge in [0.1, 0.15) is 11.9 Å². The van der Waals surface area contributed by atoms with Crippen molar-refractivity contribution in [3.8, 4) is 0 Å². The molecule has 1 aliphatic heterocycles. The number of Topliss-reactive ketones (excluding diaryl/α,β-unsaturated/α-hetero) is 1. The standard InChI is InChI=1S/C23H40O5/c1-9-18-19(10-2)28-23(27)17(8)21(25)15(6)14(5)12(3)11-13(4)20(24)16(7)22(18)26/h9,12-19,21-22,25-26H,1,10-11H2,2-8H3. The molecule has 5 heteroatoms. The smallest absolute Gasteiger partial charge is 0.311 e. The van der Waals surface area contributed by atoms with Gasteiger partial charge in [0.2, 0.25) is 0 Å². The second-order valence-electron chi connectivity index (χ2n) is 8.99. The van der Waals surface area contributed by atoms with Gasteiger partial charge in [-0.3, -0.25) is 9.59 Å². The van der Waals surface area contributed by atoms with Gasteiger partial charge < -0.3 is 14.9 Å². The summed E-state index contributed by atoms with van der Waals surface area (Å²) < 4.78 is 5.68. The number of aliphatic hydroxyl groups is 2. The predicted octanol–water partition coefficient (Wildman–Crippen LogP) is 3.62. The third-order valence-electron chi connectivity index (χ3n) is 7.09. The van der Waals surface area contributed by atoms with Gasteiger partial charge in [-0.2, -0.15) is 0 Å². The molecule has 162 valence electrons. The zero-order valence-corrected chi connectivity index (χ0v) is 18.6. The van der Waals surface area contributed by atoms with Crippen molar-refractivity contribution in [1.82, 2.24) is 0 Å². The van der Waals surface area contributed by atoms with Crippen LogP contribution in [0, 0.1) is 41.4 Å². The van der Waals surface area contributed by atoms with Crippen LogP contribution in [-0.2, 0) is 14.3 Å². The van der Waals surface area contributed by atoms with Gasteiger partial charge in [-0.25, -0.2) is 0 Å². The van der Waals surface area contributed by atoms with Crippen LogP contribution in [-0.4, -0.2) is 40.3 Å². The Hall–Kier alpha value is -1.20. The van der Waals surface area contributed by atoms with Gasteiger partial charge in [-0.1, -0.05) is 47.6 Å². The van der Waals surface area contributed by atoms with Crippen LogP contribution >= 0.6 is 0 Å². The summed E-state index contributed by atoms with van der Waals surface area (Å²) in [6, 6.07) is 0. The maximum atomic E-state index is 12.9. The number of hydrogen-bond donors (Lipinski definition) is 2. The molecule has 1 fully saturated rings. The largest absolute Gasteiger partial charge is 0.461 e. The number of ether oxygens (including phenoxy) is 1. The fourth-order valence-corrected chi connectivity index (χ4v) is 4.46. The zero-order chi connectivity index (χ0) is 21.8. The van der Waals surface area contributed by atoms with E-state index >= 15 is 0 Å². The summed E-state index contributed by atoms with van der Waals surface area (Å²) in [7, 11) is 0. The van der Waals surface area contributed by atoms with E-state index in [1.807, 2.05) is 20.8 Å². The molecule has 10 unspecified atom stereocenters. The Morgan fingerprint density at radius 2 is 1.57 bits per heavy atom. The van der Waals surface area contributed by atoms with E-state index in [0.29, 0.717) is 12.8 Å². The Morgan fingerprint density at radius 1 is 1.00 bits per heavy atom. The van der Waals surface area contributed by atoms with Crippen molar-refractivity contribution in [2.75, 3.05) is 0 Å². The molecule has 0 saturated carbocycles. The van der Waals surface area contributed by atoms with E-state index in [1.165, 1.54) is 0 Å². The number of esters is 1. The number of ketones is 1. The van der Waals surface area contributed by atoms with E-state index in [-0.39, 0.29) is 29.5 Å². The Labute approximate surface area is 170 Å². The Bertz CT molecular complexity index is 545. The molecule has 2 N–H and O–H groups in total. The number of rotatable bonds is 2. The maximum Gasteiger partial charge on any atom is 0.311 e. The molecule has 1 saturated heterocycles. The van der Waals surface area contributed by atoms with Gasteiger partial charge in [0, 0.05) is 17.8 Å². The highest BCUT2D eigenvalue weighted by Gasteiger charge is 2.39. The normalized spacial score (nSPS) is 44.5. The van der Waals surface area contributed by atoms with E-state index < -0.39 is 42.0 Å². The number of hydrogen-bond acceptors (Lipinski definition) is 5. The lowest BCUT2D eigenvalue weighted by atomic mass is 9.73. The predicted molar refractivity (Wildman–Crippen MR) is 110 cm³/mol. The molecule has 0 amide bonds. The van der Waals surface area contributed by atoms with Gasteiger partial charge in [0.25, 0.3) is 0 Å². The molecule has 0 aromatic rings. The van der Waals surface area contributed by atoms with Gasteiger partial charge in [0.05, 0.1) is 18.1 Å². The number of cyclic esters (lactones) is 1. The zero-order valence-electron chi connectivity index (χ0n) is 18.6. The molecule has 1 heterocycles. The van der Waals surface area contributed by atoms with Crippen molar-refractivity contribution in [3.63, 3.8) is 0 Å². The van der Waals surface area contributed by atoms with Crippen LogP contribution in [0.25, 0.3) is 0 Å². The van der Waals surface area contributed by atoms with Crippen molar-refractivity contribution < 1.29 is 24.5 Å². The van der Waals surface area contributed by atoms with Crippen molar-refractivity contribution in [3.05, 3.63) is 12.7 Å². The fraction of sp³-hybridized carbons (Fsp3) is 0.826. The number of aliphatic hydroxyl groups excluding tert-OH is 2. The van der Waals surface area contributed by atoms with E-state index in [9.17, 15) is 19.8 Å². The van der Waals surface area contributed by atoms with E-state index in [4.69, 9.17) is 4.74 Å². The summed E-state index contributed by atoms with van der Waals surface area (Å²) in [5.74, 6) is -2.23. The van der Waals surface area contributed by atoms with Crippen LogP contribution in [0.15, 0.2) is 12.7 Å². The molecule has 0 aliphatic carbocycles. The first-order valence-corrected chi connectivity index (χ1v) is 10.7. The summed E-state index contributed by atoms with van der Waals surface area (Å²) in [5.41, 5.74) is 0. The first-order valence-electron chi connectivity index (χ1n) is 10.7. The van der Waals surface area contributed by atoms with Crippen molar-refractivity contribution in [2.45, 2.75) is 79.6 Å². The van der Waals surface area contributed by atoms with Gasteiger partial charge in [-0.05, 0) is 37.5 Å². The van der Waals surface area contributed by atoms with Gasteiger partial charge in [0.15, 0.2) is 0 Å². The van der Waals surface area contributed by atoms with Gasteiger partial charge >= 0.3 is 5.97 Å². The minimum absolute atomic E-state index is 0.0122. The van der Waals surface area contributed by atoms with Crippen LogP contribution in [0.1, 0.15) is 61.3 Å². The van der Waals surface area contributed by atoms with E-state index in [2.05, 4.69) is 20.4 Å². The monoisotopic (exact) mass is 396 g/mol. The SMILES string of the molecule is C=CC1C(CC)OC(=O)C(C)C(O)C(C)C(C)C(C)CC(C)C(=O)C(C)C1O. The summed E-state index contributed by atoms with van der Waals surface area (Å²) in [6.07, 6.45) is 0.350. The molecule has 0 bridgehead atoms. The minimum Gasteiger partial charge on any atom is -0.461 e. The summed E-state index contributed by atoms with van der Waals surface area (Å²) >= 11 is 0. The van der Waals surface area contributed by atoms with Crippen molar-refractivity contribution in [2.24, 2.45) is 41.4 Å². The lowest BCUT2D eigenvalue weighted by molar-refractivity contribution is -0.164. The Morgan fingerprint density at radius 3 is 2.07 bits per heavy atom. The first kappa shape index (κ1) is 24.8. The lowest BCUT2D eigenvalue weighted by Gasteiger charge is -2.36. The highest BCUT2D eigenvalue weighted by atomic mass is 16.5. The van der Waals surface area contributed by atoms with Crippen LogP contribution in [0.5, 0.6) is 0 Å². The maximum absolute atomic E-state index is 12.9. The molecular formula is C23H40O5. The molecular weight excluding hydrogens is 356 g/mol. The third kappa shape index (κ3) is 5.44. The third-order valence-corrected chi connectivity index (χ3v) is 7.09. The second-order valence-corrected chi connectivity index (χ2v) is 8.99. The number of carbonyl (C=O) groups is 2. The van der Waals surface area contributed by atoms with Crippen LogP contribution < -0.4 is 0 Å². The fourth-order valence-electron chi connectivity index (χ4n) is 4.46. The average Bonchev–Trinajstić information content (AvgIpc) is 2.68. The topological polar surface area (TPSA) is 83.8 Å².